The molecule has 45 heavy (non-hydrogen) atoms. The van der Waals surface area contributed by atoms with Gasteiger partial charge >= 0.3 is 6.09 Å². The lowest BCUT2D eigenvalue weighted by atomic mass is 9.73. The van der Waals surface area contributed by atoms with E-state index in [4.69, 9.17) is 0 Å². The summed E-state index contributed by atoms with van der Waals surface area (Å²) in [6.07, 6.45) is 1.58. The average Bonchev–Trinajstić information content (AvgIpc) is 3.62. The molecule has 2 aliphatic rings. The van der Waals surface area contributed by atoms with E-state index in [1.165, 1.54) is 16.2 Å². The smallest absolute Gasteiger partial charge is 0.407 e. The van der Waals surface area contributed by atoms with Gasteiger partial charge < -0.3 is 25.5 Å². The van der Waals surface area contributed by atoms with E-state index in [0.717, 1.165) is 39.0 Å². The second-order valence-electron chi connectivity index (χ2n) is 11.4. The number of hydrogen-bond acceptors (Lipinski definition) is 6. The number of nitrogens with zero attached hydrogens (tertiary/aromatic N) is 3. The molecule has 0 saturated carbocycles. The maximum atomic E-state index is 14.1. The highest BCUT2D eigenvalue weighted by molar-refractivity contribution is 7.12. The van der Waals surface area contributed by atoms with Crippen LogP contribution in [-0.4, -0.2) is 46.0 Å². The first-order chi connectivity index (χ1) is 21.9. The molecule has 0 unspecified atom stereocenters. The highest BCUT2D eigenvalue weighted by Crippen LogP contribution is 2.49. The lowest BCUT2D eigenvalue weighted by Gasteiger charge is -2.37. The van der Waals surface area contributed by atoms with Crippen molar-refractivity contribution in [3.8, 4) is 0 Å². The summed E-state index contributed by atoms with van der Waals surface area (Å²) in [5.41, 5.74) is 5.12. The predicted octanol–water partition coefficient (Wildman–Crippen LogP) is 6.72. The fourth-order valence-electron chi connectivity index (χ4n) is 6.51. The molecule has 0 atom stereocenters. The van der Waals surface area contributed by atoms with Gasteiger partial charge in [-0.1, -0.05) is 48.5 Å². The van der Waals surface area contributed by atoms with Crippen LogP contribution in [0.15, 0.2) is 96.5 Å². The van der Waals surface area contributed by atoms with Gasteiger partial charge in [-0.3, -0.25) is 14.6 Å². The third-order valence-corrected chi connectivity index (χ3v) is 9.78. The van der Waals surface area contributed by atoms with Gasteiger partial charge in [-0.15, -0.1) is 11.3 Å². The van der Waals surface area contributed by atoms with Crippen molar-refractivity contribution in [3.05, 3.63) is 118 Å². The minimum absolute atomic E-state index is 0.0248. The fraction of sp³-hybridized carbons (Fsp3) is 0.200. The Balaban J connectivity index is 1.14. The first-order valence-electron chi connectivity index (χ1n) is 14.9. The zero-order chi connectivity index (χ0) is 31.0. The van der Waals surface area contributed by atoms with Crippen LogP contribution in [0.3, 0.4) is 0 Å². The van der Waals surface area contributed by atoms with Crippen LogP contribution < -0.4 is 15.5 Å². The van der Waals surface area contributed by atoms with Crippen molar-refractivity contribution in [2.45, 2.75) is 31.3 Å². The van der Waals surface area contributed by atoms with Crippen molar-refractivity contribution in [2.75, 3.05) is 28.6 Å². The van der Waals surface area contributed by atoms with E-state index in [1.807, 2.05) is 90.3 Å². The number of pyridine rings is 1. The molecular formula is C35H31N5O4S. The molecule has 4 heterocycles. The number of carbonyl (C=O) groups excluding carboxylic acids is 2. The summed E-state index contributed by atoms with van der Waals surface area (Å²) in [4.78, 5) is 47.5. The van der Waals surface area contributed by atoms with Crippen molar-refractivity contribution in [2.24, 2.45) is 0 Å². The number of para-hydroxylation sites is 1. The van der Waals surface area contributed by atoms with Gasteiger partial charge in [0.2, 0.25) is 5.91 Å². The SMILES string of the molecule is O=C(Nc1ccc2c(c1)C1(CCN(C(=O)O)CC1)C(=O)N2Cc1ccccc1)c1sccc1NCc1ccnc2ccccc12. The molecule has 3 aromatic carbocycles. The maximum absolute atomic E-state index is 14.1. The topological polar surface area (TPSA) is 115 Å². The van der Waals surface area contributed by atoms with Crippen LogP contribution in [0.5, 0.6) is 0 Å². The average molecular weight is 618 g/mol. The number of carboxylic acid groups (broad SMARTS) is 1. The van der Waals surface area contributed by atoms with E-state index in [-0.39, 0.29) is 24.9 Å². The van der Waals surface area contributed by atoms with Gasteiger partial charge in [0.05, 0.1) is 23.2 Å². The van der Waals surface area contributed by atoms with Gasteiger partial charge in [-0.2, -0.15) is 0 Å². The zero-order valence-corrected chi connectivity index (χ0v) is 25.2. The largest absolute Gasteiger partial charge is 0.465 e. The number of rotatable bonds is 7. The molecule has 10 heteroatoms. The van der Waals surface area contributed by atoms with Gasteiger partial charge in [0.15, 0.2) is 0 Å². The zero-order valence-electron chi connectivity index (χ0n) is 24.4. The Labute approximate surface area is 264 Å². The lowest BCUT2D eigenvalue weighted by Crippen LogP contribution is -2.49. The second kappa shape index (κ2) is 11.7. The van der Waals surface area contributed by atoms with E-state index >= 15 is 0 Å². The Hall–Kier alpha value is -5.22. The number of carbonyl (C=O) groups is 3. The monoisotopic (exact) mass is 617 g/mol. The van der Waals surface area contributed by atoms with Crippen LogP contribution >= 0.6 is 11.3 Å². The molecule has 7 rings (SSSR count). The minimum Gasteiger partial charge on any atom is -0.465 e. The van der Waals surface area contributed by atoms with Gasteiger partial charge in [-0.05, 0) is 71.3 Å². The van der Waals surface area contributed by atoms with E-state index in [1.54, 1.807) is 11.1 Å². The van der Waals surface area contributed by atoms with Crippen molar-refractivity contribution in [3.63, 3.8) is 0 Å². The molecule has 1 saturated heterocycles. The molecule has 9 nitrogen and oxygen atoms in total. The highest BCUT2D eigenvalue weighted by Gasteiger charge is 2.52. The summed E-state index contributed by atoms with van der Waals surface area (Å²) in [6.45, 7) is 1.49. The number of likely N-dealkylation sites (tertiary alicyclic amines) is 1. The van der Waals surface area contributed by atoms with Crippen LogP contribution in [0.1, 0.15) is 39.2 Å². The number of fused-ring (bicyclic) bond motifs is 3. The van der Waals surface area contributed by atoms with E-state index in [9.17, 15) is 19.5 Å². The van der Waals surface area contributed by atoms with Crippen LogP contribution in [0.4, 0.5) is 21.9 Å². The number of aromatic nitrogens is 1. The van der Waals surface area contributed by atoms with E-state index < -0.39 is 11.5 Å². The number of piperidine rings is 1. The van der Waals surface area contributed by atoms with Crippen LogP contribution in [-0.2, 0) is 23.3 Å². The van der Waals surface area contributed by atoms with E-state index in [0.29, 0.717) is 36.5 Å². The number of anilines is 3. The predicted molar refractivity (Wildman–Crippen MR) is 176 cm³/mol. The van der Waals surface area contributed by atoms with Crippen molar-refractivity contribution >= 4 is 57.2 Å². The Kier molecular flexibility index (Phi) is 7.42. The third-order valence-electron chi connectivity index (χ3n) is 8.87. The van der Waals surface area contributed by atoms with Crippen molar-refractivity contribution in [1.82, 2.24) is 9.88 Å². The molecule has 2 aromatic heterocycles. The maximum Gasteiger partial charge on any atom is 0.407 e. The second-order valence-corrected chi connectivity index (χ2v) is 12.3. The summed E-state index contributed by atoms with van der Waals surface area (Å²) in [5, 5.41) is 19.0. The van der Waals surface area contributed by atoms with Crippen molar-refractivity contribution in [1.29, 1.82) is 0 Å². The van der Waals surface area contributed by atoms with Crippen LogP contribution in [0.25, 0.3) is 10.9 Å². The summed E-state index contributed by atoms with van der Waals surface area (Å²) >= 11 is 1.36. The first kappa shape index (κ1) is 28.5. The normalized spacial score (nSPS) is 15.3. The number of hydrogen-bond donors (Lipinski definition) is 3. The molecule has 1 spiro atoms. The van der Waals surface area contributed by atoms with Crippen molar-refractivity contribution < 1.29 is 19.5 Å². The Morgan fingerprint density at radius 2 is 1.73 bits per heavy atom. The Morgan fingerprint density at radius 1 is 0.956 bits per heavy atom. The summed E-state index contributed by atoms with van der Waals surface area (Å²) in [7, 11) is 0. The molecule has 3 amide bonds. The van der Waals surface area contributed by atoms with Gasteiger partial charge in [0, 0.05) is 42.6 Å². The van der Waals surface area contributed by atoms with Crippen LogP contribution in [0, 0.1) is 0 Å². The molecule has 1 fully saturated rings. The summed E-state index contributed by atoms with van der Waals surface area (Å²) in [6, 6.07) is 27.3. The lowest BCUT2D eigenvalue weighted by molar-refractivity contribution is -0.124. The number of nitrogens with one attached hydrogen (secondary N) is 2. The molecule has 5 aromatic rings. The van der Waals surface area contributed by atoms with Gasteiger partial charge in [0.25, 0.3) is 5.91 Å². The standard InChI is InChI=1S/C35H31N5O4S/c41-32(31-29(13-19-45-31)37-21-24-12-16-36-28-9-5-4-8-26(24)28)38-25-10-11-30-27(20-25)35(14-17-39(18-15-35)34(43)44)33(42)40(30)22-23-6-2-1-3-7-23/h1-13,16,19-20,37H,14-15,17-18,21-22H2,(H,38,41)(H,43,44). The minimum atomic E-state index is -0.977. The number of thiophene rings is 1. The number of benzene rings is 3. The highest BCUT2D eigenvalue weighted by atomic mass is 32.1. The molecule has 0 bridgehead atoms. The Bertz CT molecular complexity index is 1910. The molecule has 0 radical (unpaired) electrons. The third kappa shape index (κ3) is 5.27. The van der Waals surface area contributed by atoms with Crippen LogP contribution in [0.2, 0.25) is 0 Å². The molecular weight excluding hydrogens is 586 g/mol. The summed E-state index contributed by atoms with van der Waals surface area (Å²) in [5.74, 6) is -0.268. The number of amides is 3. The quantitative estimate of drug-likeness (QED) is 0.187. The molecule has 0 aliphatic carbocycles. The van der Waals surface area contributed by atoms with E-state index in [2.05, 4.69) is 15.6 Å². The van der Waals surface area contributed by atoms with Gasteiger partial charge in [-0.25, -0.2) is 4.79 Å². The van der Waals surface area contributed by atoms with Gasteiger partial charge in [0.1, 0.15) is 4.88 Å². The fourth-order valence-corrected chi connectivity index (χ4v) is 7.28. The Morgan fingerprint density at radius 3 is 2.53 bits per heavy atom. The molecule has 226 valence electrons. The molecule has 2 aliphatic heterocycles. The first-order valence-corrected chi connectivity index (χ1v) is 15.7. The molecule has 3 N–H and O–H groups in total. The summed E-state index contributed by atoms with van der Waals surface area (Å²) < 4.78 is 0.